The molecule has 4 aliphatic rings. The number of hydrogen-bond acceptors (Lipinski definition) is 9. The van der Waals surface area contributed by atoms with Crippen LogP contribution in [-0.2, 0) is 35.1 Å². The predicted molar refractivity (Wildman–Crippen MR) is 128 cm³/mol. The number of amides is 6. The molecule has 2 aliphatic carbocycles. The molecule has 38 heavy (non-hydrogen) atoms. The van der Waals surface area contributed by atoms with Crippen LogP contribution in [0.3, 0.4) is 0 Å². The SMILES string of the molecule is C=CCc1cccc([C@H]2C3=CC[C@@H]4C(=O)N(C(=O)OC)C(=O)[C@@H]4[C@@H]3C[C@H]3C(=O)N(C(=O)OC)C(=O)[C@@H]23)c1O. The molecule has 0 unspecified atom stereocenters. The quantitative estimate of drug-likeness (QED) is 0.466. The molecule has 0 spiro atoms. The van der Waals surface area contributed by atoms with Crippen molar-refractivity contribution in [3.63, 3.8) is 0 Å². The summed E-state index contributed by atoms with van der Waals surface area (Å²) in [5, 5.41) is 11.2. The van der Waals surface area contributed by atoms with E-state index in [0.29, 0.717) is 32.9 Å². The molecule has 2 heterocycles. The Bertz CT molecular complexity index is 1330. The first kappa shape index (κ1) is 25.4. The molecule has 1 aromatic carbocycles. The second-order valence-corrected chi connectivity index (χ2v) is 9.84. The number of rotatable bonds is 3. The topological polar surface area (TPSA) is 148 Å². The fourth-order valence-electron chi connectivity index (χ4n) is 6.66. The average molecular weight is 523 g/mol. The number of nitrogens with zero attached hydrogens (tertiary/aromatic N) is 2. The zero-order valence-corrected chi connectivity index (χ0v) is 20.8. The van der Waals surface area contributed by atoms with E-state index >= 15 is 0 Å². The van der Waals surface area contributed by atoms with Gasteiger partial charge in [0.05, 0.1) is 37.9 Å². The molecule has 0 bridgehead atoms. The normalized spacial score (nSPS) is 29.9. The maximum absolute atomic E-state index is 13.5. The molecule has 1 aromatic rings. The molecule has 11 nitrogen and oxygen atoms in total. The Kier molecular flexibility index (Phi) is 6.16. The number of methoxy groups -OCH3 is 2. The van der Waals surface area contributed by atoms with Gasteiger partial charge in [-0.1, -0.05) is 35.9 Å². The smallest absolute Gasteiger partial charge is 0.423 e. The van der Waals surface area contributed by atoms with E-state index in [4.69, 9.17) is 0 Å². The summed E-state index contributed by atoms with van der Waals surface area (Å²) in [5.41, 5.74) is 1.53. The second kappa shape index (κ2) is 9.23. The number of benzene rings is 1. The molecule has 6 amide bonds. The van der Waals surface area contributed by atoms with Crippen LogP contribution in [0.4, 0.5) is 9.59 Å². The van der Waals surface area contributed by atoms with Crippen molar-refractivity contribution in [1.82, 2.24) is 9.80 Å². The second-order valence-electron chi connectivity index (χ2n) is 9.84. The number of phenols is 1. The van der Waals surface area contributed by atoms with Crippen LogP contribution in [0.25, 0.3) is 0 Å². The first-order chi connectivity index (χ1) is 18.2. The standard InChI is InChI=1S/C27H26N2O9/c1-4-6-12-7-5-8-14(21(12)30)18-13-9-10-15-19(24(33)28(22(15)31)26(35)37-2)16(13)11-17-20(18)25(34)29(23(17)32)27(36)38-3/h4-5,7-9,15-20,30H,1,6,10-11H2,2-3H3/t15-,16+,17+,18+,19-,20+/m0/s1. The van der Waals surface area contributed by atoms with Crippen LogP contribution in [0.15, 0.2) is 42.5 Å². The minimum atomic E-state index is -1.11. The number of likely N-dealkylation sites (tertiary alicyclic amines) is 2. The lowest BCUT2D eigenvalue weighted by Gasteiger charge is -2.44. The van der Waals surface area contributed by atoms with E-state index in [1.165, 1.54) is 0 Å². The van der Waals surface area contributed by atoms with Crippen molar-refractivity contribution >= 4 is 35.8 Å². The number of allylic oxidation sites excluding steroid dienone is 3. The van der Waals surface area contributed by atoms with Crippen LogP contribution in [0, 0.1) is 29.6 Å². The van der Waals surface area contributed by atoms with Crippen LogP contribution in [0.1, 0.15) is 29.9 Å². The van der Waals surface area contributed by atoms with Crippen LogP contribution in [-0.4, -0.2) is 64.9 Å². The third-order valence-corrected chi connectivity index (χ3v) is 8.21. The summed E-state index contributed by atoms with van der Waals surface area (Å²) >= 11 is 0. The minimum Gasteiger partial charge on any atom is -0.507 e. The summed E-state index contributed by atoms with van der Waals surface area (Å²) < 4.78 is 9.33. The number of hydrogen-bond donors (Lipinski definition) is 1. The first-order valence-electron chi connectivity index (χ1n) is 12.2. The zero-order valence-electron chi connectivity index (χ0n) is 20.8. The predicted octanol–water partition coefficient (Wildman–Crippen LogP) is 2.29. The van der Waals surface area contributed by atoms with Gasteiger partial charge in [-0.05, 0) is 30.7 Å². The highest BCUT2D eigenvalue weighted by molar-refractivity contribution is 6.17. The van der Waals surface area contributed by atoms with E-state index in [1.54, 1.807) is 30.4 Å². The lowest BCUT2D eigenvalue weighted by Crippen LogP contribution is -2.43. The van der Waals surface area contributed by atoms with Gasteiger partial charge in [-0.2, -0.15) is 9.80 Å². The van der Waals surface area contributed by atoms with Gasteiger partial charge in [-0.15, -0.1) is 6.58 Å². The van der Waals surface area contributed by atoms with E-state index < -0.39 is 71.3 Å². The fourth-order valence-corrected chi connectivity index (χ4v) is 6.66. The van der Waals surface area contributed by atoms with Crippen molar-refractivity contribution in [2.24, 2.45) is 29.6 Å². The van der Waals surface area contributed by atoms with Gasteiger partial charge >= 0.3 is 12.2 Å². The lowest BCUT2D eigenvalue weighted by molar-refractivity contribution is -0.139. The third-order valence-electron chi connectivity index (χ3n) is 8.21. The number of carbonyl (C=O) groups is 6. The maximum atomic E-state index is 13.5. The van der Waals surface area contributed by atoms with Gasteiger partial charge in [0.25, 0.3) is 0 Å². The van der Waals surface area contributed by atoms with Crippen molar-refractivity contribution in [3.05, 3.63) is 53.6 Å². The molecule has 198 valence electrons. The number of ether oxygens (including phenoxy) is 2. The number of para-hydroxylation sites is 1. The molecular weight excluding hydrogens is 496 g/mol. The molecule has 5 rings (SSSR count). The Balaban J connectivity index is 1.67. The van der Waals surface area contributed by atoms with Gasteiger partial charge in [-0.3, -0.25) is 19.2 Å². The summed E-state index contributed by atoms with van der Waals surface area (Å²) in [6.45, 7) is 3.71. The van der Waals surface area contributed by atoms with Gasteiger partial charge in [0.1, 0.15) is 5.75 Å². The lowest BCUT2D eigenvalue weighted by atomic mass is 9.57. The van der Waals surface area contributed by atoms with E-state index in [2.05, 4.69) is 16.1 Å². The molecule has 3 fully saturated rings. The highest BCUT2D eigenvalue weighted by Gasteiger charge is 2.64. The number of fused-ring (bicyclic) bond motifs is 4. The first-order valence-corrected chi connectivity index (χ1v) is 12.2. The number of phenolic OH excluding ortho intramolecular Hbond substituents is 1. The maximum Gasteiger partial charge on any atom is 0.423 e. The van der Waals surface area contributed by atoms with Gasteiger partial charge < -0.3 is 14.6 Å². The molecule has 2 saturated heterocycles. The largest absolute Gasteiger partial charge is 0.507 e. The van der Waals surface area contributed by atoms with Gasteiger partial charge in [0.15, 0.2) is 0 Å². The summed E-state index contributed by atoms with van der Waals surface area (Å²) in [6.07, 6.45) is 1.65. The van der Waals surface area contributed by atoms with Gasteiger partial charge in [0, 0.05) is 11.5 Å². The highest BCUT2D eigenvalue weighted by atomic mass is 16.5. The van der Waals surface area contributed by atoms with Crippen molar-refractivity contribution in [2.75, 3.05) is 14.2 Å². The van der Waals surface area contributed by atoms with Gasteiger partial charge in [0.2, 0.25) is 23.6 Å². The molecule has 2 aliphatic heterocycles. The highest BCUT2D eigenvalue weighted by Crippen LogP contribution is 2.59. The molecule has 1 saturated carbocycles. The Morgan fingerprint density at radius 2 is 1.55 bits per heavy atom. The molecule has 11 heteroatoms. The Hall–Kier alpha value is -4.28. The van der Waals surface area contributed by atoms with Crippen LogP contribution >= 0.6 is 0 Å². The summed E-state index contributed by atoms with van der Waals surface area (Å²) in [5.74, 6) is -8.39. The van der Waals surface area contributed by atoms with E-state index in [1.807, 2.05) is 0 Å². The Morgan fingerprint density at radius 3 is 2.16 bits per heavy atom. The summed E-state index contributed by atoms with van der Waals surface area (Å²) in [7, 11) is 2.13. The van der Waals surface area contributed by atoms with Crippen molar-refractivity contribution in [2.45, 2.75) is 25.2 Å². The Morgan fingerprint density at radius 1 is 0.947 bits per heavy atom. The molecular formula is C27H26N2O9. The molecule has 0 radical (unpaired) electrons. The van der Waals surface area contributed by atoms with Gasteiger partial charge in [-0.25, -0.2) is 9.59 Å². The van der Waals surface area contributed by atoms with Crippen molar-refractivity contribution < 1.29 is 43.3 Å². The monoisotopic (exact) mass is 522 g/mol. The zero-order chi connectivity index (χ0) is 27.5. The van der Waals surface area contributed by atoms with Crippen molar-refractivity contribution in [1.29, 1.82) is 0 Å². The molecule has 0 aromatic heterocycles. The fraction of sp³-hybridized carbons (Fsp3) is 0.407. The molecule has 1 N–H and O–H groups in total. The summed E-state index contributed by atoms with van der Waals surface area (Å²) in [6, 6.07) is 5.06. The van der Waals surface area contributed by atoms with Crippen LogP contribution in [0.5, 0.6) is 5.75 Å². The molecule has 6 atom stereocenters. The van der Waals surface area contributed by atoms with Crippen molar-refractivity contribution in [3.8, 4) is 5.75 Å². The number of carbonyl (C=O) groups excluding carboxylic acids is 6. The Labute approximate surface area is 217 Å². The third kappa shape index (κ3) is 3.41. The number of imide groups is 6. The van der Waals surface area contributed by atoms with Crippen LogP contribution < -0.4 is 0 Å². The van der Waals surface area contributed by atoms with E-state index in [0.717, 1.165) is 14.2 Å². The van der Waals surface area contributed by atoms with E-state index in [9.17, 15) is 33.9 Å². The average Bonchev–Trinajstić information content (AvgIpc) is 3.32. The van der Waals surface area contributed by atoms with Crippen LogP contribution in [0.2, 0.25) is 0 Å². The minimum absolute atomic E-state index is 0.00732. The summed E-state index contributed by atoms with van der Waals surface area (Å²) in [4.78, 5) is 78.9. The van der Waals surface area contributed by atoms with E-state index in [-0.39, 0.29) is 18.6 Å². The number of aromatic hydroxyl groups is 1.